The molecule has 0 aliphatic heterocycles. The summed E-state index contributed by atoms with van der Waals surface area (Å²) in [5.41, 5.74) is 0. The van der Waals surface area contributed by atoms with Gasteiger partial charge in [-0.2, -0.15) is 0 Å². The molecule has 9 heavy (non-hydrogen) atoms. The lowest BCUT2D eigenvalue weighted by Gasteiger charge is -1.87. The Bertz CT molecular complexity index is 91.1. The smallest absolute Gasteiger partial charge is 0.119 e. The molecule has 0 rings (SSSR count). The van der Waals surface area contributed by atoms with Crippen LogP contribution in [-0.2, 0) is 4.79 Å². The number of hydrogen-bond donors (Lipinski definition) is 1. The van der Waals surface area contributed by atoms with Crippen molar-refractivity contribution < 1.29 is 10.0 Å². The van der Waals surface area contributed by atoms with Gasteiger partial charge in [0.1, 0.15) is 6.29 Å². The van der Waals surface area contributed by atoms with Crippen LogP contribution in [0.1, 0.15) is 25.7 Å². The van der Waals surface area contributed by atoms with Crippen molar-refractivity contribution in [2.24, 2.45) is 5.16 Å². The van der Waals surface area contributed by atoms with Crippen molar-refractivity contribution >= 4 is 12.5 Å². The molecule has 0 radical (unpaired) electrons. The summed E-state index contributed by atoms with van der Waals surface area (Å²) in [4.78, 5) is 9.75. The van der Waals surface area contributed by atoms with Gasteiger partial charge in [0.2, 0.25) is 0 Å². The van der Waals surface area contributed by atoms with Gasteiger partial charge in [0.15, 0.2) is 0 Å². The molecule has 3 nitrogen and oxygen atoms in total. The zero-order valence-electron chi connectivity index (χ0n) is 5.29. The Morgan fingerprint density at radius 1 is 1.33 bits per heavy atom. The summed E-state index contributed by atoms with van der Waals surface area (Å²) in [7, 11) is 0. The van der Waals surface area contributed by atoms with Crippen molar-refractivity contribution in [3.05, 3.63) is 0 Å². The Labute approximate surface area is 54.4 Å². The second kappa shape index (κ2) is 7.14. The highest BCUT2D eigenvalue weighted by Crippen LogP contribution is 1.94. The van der Waals surface area contributed by atoms with E-state index in [-0.39, 0.29) is 0 Å². The van der Waals surface area contributed by atoms with E-state index in [1.54, 1.807) is 0 Å². The van der Waals surface area contributed by atoms with Crippen LogP contribution in [-0.4, -0.2) is 17.7 Å². The first kappa shape index (κ1) is 8.14. The highest BCUT2D eigenvalue weighted by Gasteiger charge is 1.83. The molecule has 0 fully saturated rings. The fourth-order valence-corrected chi connectivity index (χ4v) is 0.521. The first-order chi connectivity index (χ1) is 4.41. The topological polar surface area (TPSA) is 49.7 Å². The van der Waals surface area contributed by atoms with Crippen molar-refractivity contribution in [1.82, 2.24) is 0 Å². The maximum atomic E-state index is 9.75. The molecule has 0 aromatic heterocycles. The van der Waals surface area contributed by atoms with Crippen molar-refractivity contribution in [3.8, 4) is 0 Å². The molecule has 3 heteroatoms. The number of nitrogens with zero attached hydrogens (tertiary/aromatic N) is 1. The Morgan fingerprint density at radius 3 is 2.56 bits per heavy atom. The van der Waals surface area contributed by atoms with Crippen LogP contribution in [0.4, 0.5) is 0 Å². The van der Waals surface area contributed by atoms with Gasteiger partial charge in [0.05, 0.1) is 0 Å². The molecule has 0 saturated carbocycles. The first-order valence-electron chi connectivity index (χ1n) is 3.01. The average molecular weight is 129 g/mol. The SMILES string of the molecule is O=CCCCCC=NO. The standard InChI is InChI=1S/C6H11NO2/c8-6-4-2-1-3-5-7-9/h5-6,9H,1-4H2. The van der Waals surface area contributed by atoms with Gasteiger partial charge in [0, 0.05) is 12.6 Å². The average Bonchev–Trinajstić information content (AvgIpc) is 1.89. The zero-order chi connectivity index (χ0) is 6.95. The summed E-state index contributed by atoms with van der Waals surface area (Å²) in [6.07, 6.45) is 5.50. The van der Waals surface area contributed by atoms with Crippen molar-refractivity contribution in [2.45, 2.75) is 25.7 Å². The monoisotopic (exact) mass is 129 g/mol. The zero-order valence-corrected chi connectivity index (χ0v) is 5.29. The molecule has 0 aliphatic rings. The predicted octanol–water partition coefficient (Wildman–Crippen LogP) is 1.21. The molecular weight excluding hydrogens is 118 g/mol. The van der Waals surface area contributed by atoms with E-state index in [4.69, 9.17) is 5.21 Å². The molecule has 0 aromatic rings. The molecule has 0 saturated heterocycles. The molecule has 0 spiro atoms. The lowest BCUT2D eigenvalue weighted by atomic mass is 10.2. The van der Waals surface area contributed by atoms with Crippen LogP contribution in [0, 0.1) is 0 Å². The Hall–Kier alpha value is -0.860. The van der Waals surface area contributed by atoms with Crippen LogP contribution < -0.4 is 0 Å². The third-order valence-corrected chi connectivity index (χ3v) is 0.987. The Balaban J connectivity index is 2.82. The molecule has 52 valence electrons. The van der Waals surface area contributed by atoms with Crippen LogP contribution in [0.15, 0.2) is 5.16 Å². The minimum atomic E-state index is 0.610. The van der Waals surface area contributed by atoms with E-state index >= 15 is 0 Å². The molecule has 0 unspecified atom stereocenters. The molecule has 0 amide bonds. The number of rotatable bonds is 5. The van der Waals surface area contributed by atoms with Gasteiger partial charge in [-0.25, -0.2) is 0 Å². The third-order valence-electron chi connectivity index (χ3n) is 0.987. The van der Waals surface area contributed by atoms with E-state index in [9.17, 15) is 4.79 Å². The lowest BCUT2D eigenvalue weighted by molar-refractivity contribution is -0.107. The number of carbonyl (C=O) groups is 1. The van der Waals surface area contributed by atoms with Crippen molar-refractivity contribution in [3.63, 3.8) is 0 Å². The number of carbonyl (C=O) groups excluding carboxylic acids is 1. The van der Waals surface area contributed by atoms with Gasteiger partial charge < -0.3 is 10.0 Å². The summed E-state index contributed by atoms with van der Waals surface area (Å²) in [6, 6.07) is 0. The molecule has 0 heterocycles. The van der Waals surface area contributed by atoms with E-state index in [2.05, 4.69) is 5.16 Å². The number of aldehydes is 1. The largest absolute Gasteiger partial charge is 0.411 e. The van der Waals surface area contributed by atoms with E-state index in [1.165, 1.54) is 6.21 Å². The summed E-state index contributed by atoms with van der Waals surface area (Å²) in [5, 5.41) is 10.7. The molecule has 0 atom stereocenters. The van der Waals surface area contributed by atoms with E-state index < -0.39 is 0 Å². The minimum Gasteiger partial charge on any atom is -0.411 e. The molecular formula is C6H11NO2. The second-order valence-electron chi connectivity index (χ2n) is 1.75. The maximum absolute atomic E-state index is 9.75. The van der Waals surface area contributed by atoms with Crippen LogP contribution in [0.3, 0.4) is 0 Å². The van der Waals surface area contributed by atoms with Crippen LogP contribution in [0.2, 0.25) is 0 Å². The van der Waals surface area contributed by atoms with Crippen molar-refractivity contribution in [1.29, 1.82) is 0 Å². The van der Waals surface area contributed by atoms with Crippen LogP contribution >= 0.6 is 0 Å². The maximum Gasteiger partial charge on any atom is 0.119 e. The Morgan fingerprint density at radius 2 is 2.00 bits per heavy atom. The quantitative estimate of drug-likeness (QED) is 0.199. The first-order valence-corrected chi connectivity index (χ1v) is 3.01. The highest BCUT2D eigenvalue weighted by molar-refractivity contribution is 5.56. The van der Waals surface area contributed by atoms with Crippen LogP contribution in [0.25, 0.3) is 0 Å². The third kappa shape index (κ3) is 7.14. The highest BCUT2D eigenvalue weighted by atomic mass is 16.4. The number of oxime groups is 1. The molecule has 0 bridgehead atoms. The minimum absolute atomic E-state index is 0.610. The van der Waals surface area contributed by atoms with E-state index in [0.717, 1.165) is 25.5 Å². The van der Waals surface area contributed by atoms with Gasteiger partial charge >= 0.3 is 0 Å². The van der Waals surface area contributed by atoms with Gasteiger partial charge in [-0.1, -0.05) is 0 Å². The second-order valence-corrected chi connectivity index (χ2v) is 1.75. The fourth-order valence-electron chi connectivity index (χ4n) is 0.521. The molecule has 0 aliphatic carbocycles. The molecule has 0 aromatic carbocycles. The van der Waals surface area contributed by atoms with E-state index in [1.807, 2.05) is 0 Å². The predicted molar refractivity (Wildman–Crippen MR) is 34.8 cm³/mol. The summed E-state index contributed by atoms with van der Waals surface area (Å²) in [5.74, 6) is 0. The molecule has 1 N–H and O–H groups in total. The lowest BCUT2D eigenvalue weighted by Crippen LogP contribution is -1.79. The van der Waals surface area contributed by atoms with Crippen LogP contribution in [0.5, 0.6) is 0 Å². The van der Waals surface area contributed by atoms with Gasteiger partial charge in [-0.15, -0.1) is 5.16 Å². The summed E-state index contributed by atoms with van der Waals surface area (Å²) in [6.45, 7) is 0. The fraction of sp³-hybridized carbons (Fsp3) is 0.667. The van der Waals surface area contributed by atoms with E-state index in [0.29, 0.717) is 6.42 Å². The van der Waals surface area contributed by atoms with Gasteiger partial charge in [-0.3, -0.25) is 0 Å². The van der Waals surface area contributed by atoms with Gasteiger partial charge in [-0.05, 0) is 19.3 Å². The number of hydrogen-bond acceptors (Lipinski definition) is 3. The van der Waals surface area contributed by atoms with Gasteiger partial charge in [0.25, 0.3) is 0 Å². The normalized spacial score (nSPS) is 10.2. The van der Waals surface area contributed by atoms with Crippen molar-refractivity contribution in [2.75, 3.05) is 0 Å². The summed E-state index contributed by atoms with van der Waals surface area (Å²) >= 11 is 0. The Kier molecular flexibility index (Phi) is 6.46. The number of unbranched alkanes of at least 4 members (excludes halogenated alkanes) is 3. The summed E-state index contributed by atoms with van der Waals surface area (Å²) < 4.78 is 0.